The van der Waals surface area contributed by atoms with Crippen LogP contribution in [0.2, 0.25) is 0 Å². The Balaban J connectivity index is 3.13. The number of rotatable bonds is 3. The molecule has 5 heteroatoms. The Morgan fingerprint density at radius 3 is 2.38 bits per heavy atom. The number of carbonyl (C=O) groups is 2. The summed E-state index contributed by atoms with van der Waals surface area (Å²) in [5.74, 6) is -1.27. The lowest BCUT2D eigenvalue weighted by atomic mass is 9.76. The van der Waals surface area contributed by atoms with Gasteiger partial charge in [0.2, 0.25) is 0 Å². The third kappa shape index (κ3) is 1.82. The first-order valence-electron chi connectivity index (χ1n) is 5.04. The summed E-state index contributed by atoms with van der Waals surface area (Å²) in [5, 5.41) is 0. The van der Waals surface area contributed by atoms with Crippen LogP contribution in [0, 0.1) is 5.41 Å². The molecule has 1 aliphatic heterocycles. The Kier molecular flexibility index (Phi) is 4.06. The molecule has 1 saturated heterocycles. The molecule has 0 aromatic heterocycles. The van der Waals surface area contributed by atoms with E-state index in [0.29, 0.717) is 19.4 Å². The van der Waals surface area contributed by atoms with Crippen LogP contribution in [0.1, 0.15) is 12.8 Å². The second-order valence-electron chi connectivity index (χ2n) is 3.59. The summed E-state index contributed by atoms with van der Waals surface area (Å²) < 4.78 is 14.7. The zero-order valence-corrected chi connectivity index (χ0v) is 9.52. The third-order valence-electron chi connectivity index (χ3n) is 2.81. The molecule has 0 aromatic rings. The van der Waals surface area contributed by atoms with Crippen LogP contribution in [0.15, 0.2) is 12.7 Å². The molecule has 1 aliphatic rings. The van der Waals surface area contributed by atoms with E-state index in [1.165, 1.54) is 20.3 Å². The van der Waals surface area contributed by atoms with Crippen molar-refractivity contribution in [3.8, 4) is 0 Å². The Hall–Kier alpha value is -1.36. The minimum absolute atomic E-state index is 0.350. The Labute approximate surface area is 94.4 Å². The Morgan fingerprint density at radius 2 is 1.94 bits per heavy atom. The van der Waals surface area contributed by atoms with E-state index in [4.69, 9.17) is 4.74 Å². The average Bonchev–Trinajstić information content (AvgIpc) is 2.36. The summed E-state index contributed by atoms with van der Waals surface area (Å²) in [6.45, 7) is 4.06. The standard InChI is InChI=1S/C11H16O5/c1-4-8-11(9(12)14-2,10(13)15-3)6-5-7-16-8/h4,8H,1,5-7H2,2-3H3. The number of ether oxygens (including phenoxy) is 3. The van der Waals surface area contributed by atoms with Crippen molar-refractivity contribution in [2.45, 2.75) is 18.9 Å². The molecule has 0 amide bonds. The highest BCUT2D eigenvalue weighted by Gasteiger charge is 2.55. The van der Waals surface area contributed by atoms with E-state index in [2.05, 4.69) is 16.1 Å². The van der Waals surface area contributed by atoms with E-state index in [-0.39, 0.29) is 0 Å². The van der Waals surface area contributed by atoms with E-state index < -0.39 is 23.5 Å². The van der Waals surface area contributed by atoms with Crippen molar-refractivity contribution in [2.24, 2.45) is 5.41 Å². The van der Waals surface area contributed by atoms with E-state index in [1.54, 1.807) is 0 Å². The van der Waals surface area contributed by atoms with Crippen LogP contribution >= 0.6 is 0 Å². The van der Waals surface area contributed by atoms with Crippen molar-refractivity contribution in [3.63, 3.8) is 0 Å². The molecule has 0 N–H and O–H groups in total. The summed E-state index contributed by atoms with van der Waals surface area (Å²) in [5.41, 5.74) is -1.40. The third-order valence-corrected chi connectivity index (χ3v) is 2.81. The maximum atomic E-state index is 11.8. The predicted molar refractivity (Wildman–Crippen MR) is 55.6 cm³/mol. The smallest absolute Gasteiger partial charge is 0.326 e. The zero-order valence-electron chi connectivity index (χ0n) is 9.52. The van der Waals surface area contributed by atoms with Crippen LogP contribution in [-0.2, 0) is 23.8 Å². The second kappa shape index (κ2) is 5.12. The topological polar surface area (TPSA) is 61.8 Å². The lowest BCUT2D eigenvalue weighted by Crippen LogP contribution is -2.53. The lowest BCUT2D eigenvalue weighted by Gasteiger charge is -2.37. The number of hydrogen-bond donors (Lipinski definition) is 0. The maximum absolute atomic E-state index is 11.8. The molecular formula is C11H16O5. The van der Waals surface area contributed by atoms with E-state index in [9.17, 15) is 9.59 Å². The van der Waals surface area contributed by atoms with Gasteiger partial charge < -0.3 is 14.2 Å². The van der Waals surface area contributed by atoms with Gasteiger partial charge in [0.15, 0.2) is 5.41 Å². The summed E-state index contributed by atoms with van der Waals surface area (Å²) in [6.07, 6.45) is 1.70. The molecule has 1 heterocycles. The molecule has 0 bridgehead atoms. The van der Waals surface area contributed by atoms with Crippen molar-refractivity contribution < 1.29 is 23.8 Å². The first-order valence-corrected chi connectivity index (χ1v) is 5.04. The van der Waals surface area contributed by atoms with Gasteiger partial charge in [0.25, 0.3) is 0 Å². The van der Waals surface area contributed by atoms with Crippen molar-refractivity contribution in [3.05, 3.63) is 12.7 Å². The summed E-state index contributed by atoms with van der Waals surface area (Å²) in [6, 6.07) is 0. The molecule has 0 radical (unpaired) electrons. The van der Waals surface area contributed by atoms with Gasteiger partial charge >= 0.3 is 11.9 Å². The fourth-order valence-corrected chi connectivity index (χ4v) is 2.00. The molecule has 5 nitrogen and oxygen atoms in total. The van der Waals surface area contributed by atoms with E-state index >= 15 is 0 Å². The van der Waals surface area contributed by atoms with Crippen LogP contribution in [0.4, 0.5) is 0 Å². The first kappa shape index (κ1) is 12.7. The van der Waals surface area contributed by atoms with Crippen LogP contribution in [0.25, 0.3) is 0 Å². The molecule has 1 unspecified atom stereocenters. The van der Waals surface area contributed by atoms with Crippen LogP contribution in [-0.4, -0.2) is 38.9 Å². The zero-order chi connectivity index (χ0) is 12.2. The monoisotopic (exact) mass is 228 g/mol. The second-order valence-corrected chi connectivity index (χ2v) is 3.59. The van der Waals surface area contributed by atoms with Gasteiger partial charge in [-0.2, -0.15) is 0 Å². The van der Waals surface area contributed by atoms with Gasteiger partial charge in [-0.25, -0.2) is 0 Å². The van der Waals surface area contributed by atoms with Crippen molar-refractivity contribution in [1.82, 2.24) is 0 Å². The fraction of sp³-hybridized carbons (Fsp3) is 0.636. The average molecular weight is 228 g/mol. The number of hydrogen-bond acceptors (Lipinski definition) is 5. The largest absolute Gasteiger partial charge is 0.468 e. The van der Waals surface area contributed by atoms with Crippen molar-refractivity contribution in [1.29, 1.82) is 0 Å². The van der Waals surface area contributed by atoms with Crippen molar-refractivity contribution in [2.75, 3.05) is 20.8 Å². The molecule has 1 rings (SSSR count). The molecular weight excluding hydrogens is 212 g/mol. The summed E-state index contributed by atoms with van der Waals surface area (Å²) in [7, 11) is 2.48. The lowest BCUT2D eigenvalue weighted by molar-refractivity contribution is -0.184. The summed E-state index contributed by atoms with van der Waals surface area (Å²) >= 11 is 0. The normalized spacial score (nSPS) is 23.2. The highest BCUT2D eigenvalue weighted by molar-refractivity contribution is 6.01. The Morgan fingerprint density at radius 1 is 1.38 bits per heavy atom. The SMILES string of the molecule is C=CC1OCCCC1(C(=O)OC)C(=O)OC. The van der Waals surface area contributed by atoms with Gasteiger partial charge in [-0.05, 0) is 12.8 Å². The van der Waals surface area contributed by atoms with Gasteiger partial charge in [-0.3, -0.25) is 9.59 Å². The van der Waals surface area contributed by atoms with Gasteiger partial charge in [-0.1, -0.05) is 6.08 Å². The molecule has 90 valence electrons. The highest BCUT2D eigenvalue weighted by atomic mass is 16.6. The molecule has 16 heavy (non-hydrogen) atoms. The van der Waals surface area contributed by atoms with Crippen LogP contribution in [0.3, 0.4) is 0 Å². The molecule has 0 saturated carbocycles. The molecule has 0 spiro atoms. The van der Waals surface area contributed by atoms with Crippen molar-refractivity contribution >= 4 is 11.9 Å². The van der Waals surface area contributed by atoms with Crippen LogP contribution in [0.5, 0.6) is 0 Å². The molecule has 1 fully saturated rings. The number of methoxy groups -OCH3 is 2. The Bertz CT molecular complexity index is 281. The van der Waals surface area contributed by atoms with Crippen LogP contribution < -0.4 is 0 Å². The number of esters is 2. The van der Waals surface area contributed by atoms with Gasteiger partial charge in [-0.15, -0.1) is 6.58 Å². The van der Waals surface area contributed by atoms with Gasteiger partial charge in [0.1, 0.15) is 6.10 Å². The highest BCUT2D eigenvalue weighted by Crippen LogP contribution is 2.37. The molecule has 0 aromatic carbocycles. The summed E-state index contributed by atoms with van der Waals surface area (Å²) in [4.78, 5) is 23.6. The predicted octanol–water partition coefficient (Wildman–Crippen LogP) is 0.684. The maximum Gasteiger partial charge on any atom is 0.326 e. The van der Waals surface area contributed by atoms with E-state index in [1.807, 2.05) is 0 Å². The van der Waals surface area contributed by atoms with E-state index in [0.717, 1.165) is 0 Å². The minimum Gasteiger partial charge on any atom is -0.468 e. The fourth-order valence-electron chi connectivity index (χ4n) is 2.00. The number of carbonyl (C=O) groups excluding carboxylic acids is 2. The molecule has 0 aliphatic carbocycles. The minimum atomic E-state index is -1.40. The first-order chi connectivity index (χ1) is 7.63. The quantitative estimate of drug-likeness (QED) is 0.404. The van der Waals surface area contributed by atoms with Gasteiger partial charge in [0.05, 0.1) is 14.2 Å². The molecule has 1 atom stereocenters. The van der Waals surface area contributed by atoms with Gasteiger partial charge in [0, 0.05) is 6.61 Å².